The lowest BCUT2D eigenvalue weighted by atomic mass is 10.0. The van der Waals surface area contributed by atoms with Gasteiger partial charge in [0.25, 0.3) is 0 Å². The van der Waals surface area contributed by atoms with Crippen LogP contribution in [0.1, 0.15) is 50.1 Å². The highest BCUT2D eigenvalue weighted by molar-refractivity contribution is 6.31. The first kappa shape index (κ1) is 14.0. The predicted octanol–water partition coefficient (Wildman–Crippen LogP) is 4.09. The van der Waals surface area contributed by atoms with Crippen molar-refractivity contribution < 1.29 is 9.47 Å². The van der Waals surface area contributed by atoms with Crippen molar-refractivity contribution in [3.05, 3.63) is 22.7 Å². The molecule has 20 heavy (non-hydrogen) atoms. The minimum Gasteiger partial charge on any atom is -0.493 e. The Bertz CT molecular complexity index is 466. The van der Waals surface area contributed by atoms with E-state index in [0.717, 1.165) is 47.9 Å². The van der Waals surface area contributed by atoms with Gasteiger partial charge in [0.15, 0.2) is 11.5 Å². The van der Waals surface area contributed by atoms with E-state index in [-0.39, 0.29) is 0 Å². The van der Waals surface area contributed by atoms with E-state index in [1.165, 1.54) is 19.3 Å². The van der Waals surface area contributed by atoms with Gasteiger partial charge in [-0.25, -0.2) is 0 Å². The minimum absolute atomic E-state index is 0.315. The van der Waals surface area contributed by atoms with E-state index in [1.807, 2.05) is 12.1 Å². The number of ether oxygens (including phenoxy) is 2. The zero-order valence-electron chi connectivity index (χ0n) is 12.0. The van der Waals surface area contributed by atoms with E-state index >= 15 is 0 Å². The number of hydrogen-bond donors (Lipinski definition) is 1. The van der Waals surface area contributed by atoms with Crippen LogP contribution in [0.4, 0.5) is 0 Å². The van der Waals surface area contributed by atoms with Crippen molar-refractivity contribution in [3.63, 3.8) is 0 Å². The largest absolute Gasteiger partial charge is 0.493 e. The zero-order chi connectivity index (χ0) is 13.9. The third kappa shape index (κ3) is 2.89. The molecule has 1 aromatic carbocycles. The van der Waals surface area contributed by atoms with Gasteiger partial charge in [0.05, 0.1) is 13.2 Å². The highest BCUT2D eigenvalue weighted by Gasteiger charge is 2.23. The van der Waals surface area contributed by atoms with Crippen LogP contribution in [0.5, 0.6) is 11.5 Å². The maximum Gasteiger partial charge on any atom is 0.163 e. The molecule has 1 N–H and O–H groups in total. The summed E-state index contributed by atoms with van der Waals surface area (Å²) in [5, 5.41) is 4.25. The second kappa shape index (κ2) is 6.23. The maximum absolute atomic E-state index is 6.45. The van der Waals surface area contributed by atoms with Gasteiger partial charge >= 0.3 is 0 Å². The van der Waals surface area contributed by atoms with E-state index < -0.39 is 0 Å². The van der Waals surface area contributed by atoms with Crippen LogP contribution < -0.4 is 14.8 Å². The van der Waals surface area contributed by atoms with Crippen molar-refractivity contribution in [3.8, 4) is 11.5 Å². The molecule has 1 heterocycles. The Morgan fingerprint density at radius 3 is 2.55 bits per heavy atom. The molecule has 1 aromatic rings. The lowest BCUT2D eigenvalue weighted by Crippen LogP contribution is -2.15. The average molecular weight is 296 g/mol. The molecule has 0 bridgehead atoms. The summed E-state index contributed by atoms with van der Waals surface area (Å²) in [5.41, 5.74) is 1.12. The lowest BCUT2D eigenvalue weighted by molar-refractivity contribution is 0.200. The Morgan fingerprint density at radius 2 is 1.90 bits per heavy atom. The first-order chi connectivity index (χ1) is 9.78. The van der Waals surface area contributed by atoms with Gasteiger partial charge in [-0.1, -0.05) is 11.6 Å². The summed E-state index contributed by atoms with van der Waals surface area (Å²) in [6, 6.07) is 4.31. The third-order valence-corrected chi connectivity index (χ3v) is 4.64. The van der Waals surface area contributed by atoms with Crippen LogP contribution in [0.2, 0.25) is 5.02 Å². The highest BCUT2D eigenvalue weighted by Crippen LogP contribution is 2.39. The molecular formula is C16H22ClNO2. The van der Waals surface area contributed by atoms with E-state index in [1.54, 1.807) is 7.11 Å². The first-order valence-electron chi connectivity index (χ1n) is 7.55. The van der Waals surface area contributed by atoms with Gasteiger partial charge in [0.2, 0.25) is 0 Å². The Labute approximate surface area is 125 Å². The van der Waals surface area contributed by atoms with E-state index in [2.05, 4.69) is 5.32 Å². The van der Waals surface area contributed by atoms with Crippen molar-refractivity contribution >= 4 is 11.6 Å². The van der Waals surface area contributed by atoms with E-state index in [0.29, 0.717) is 12.1 Å². The van der Waals surface area contributed by atoms with Crippen LogP contribution >= 0.6 is 11.6 Å². The fourth-order valence-corrected chi connectivity index (χ4v) is 3.49. The van der Waals surface area contributed by atoms with Gasteiger partial charge in [0, 0.05) is 17.1 Å². The summed E-state index contributed by atoms with van der Waals surface area (Å²) in [7, 11) is 1.69. The van der Waals surface area contributed by atoms with E-state index in [9.17, 15) is 0 Å². The molecule has 1 saturated heterocycles. The molecule has 110 valence electrons. The Hall–Kier alpha value is -0.930. The molecule has 0 radical (unpaired) electrons. The zero-order valence-corrected chi connectivity index (χ0v) is 12.7. The van der Waals surface area contributed by atoms with Gasteiger partial charge in [0.1, 0.15) is 0 Å². The molecule has 1 aliphatic heterocycles. The topological polar surface area (TPSA) is 30.5 Å². The minimum atomic E-state index is 0.315. The van der Waals surface area contributed by atoms with Gasteiger partial charge in [-0.2, -0.15) is 0 Å². The monoisotopic (exact) mass is 295 g/mol. The molecule has 1 aliphatic carbocycles. The van der Waals surface area contributed by atoms with Crippen LogP contribution in [0.3, 0.4) is 0 Å². The first-order valence-corrected chi connectivity index (χ1v) is 7.93. The summed E-state index contributed by atoms with van der Waals surface area (Å²) in [6.45, 7) is 1.06. The number of hydrogen-bond acceptors (Lipinski definition) is 3. The molecular weight excluding hydrogens is 274 g/mol. The SMILES string of the molecule is COc1cc(C2CCCN2)c(Cl)cc1OC1CCCC1. The van der Waals surface area contributed by atoms with Gasteiger partial charge in [-0.15, -0.1) is 0 Å². The van der Waals surface area contributed by atoms with Crippen LogP contribution in [-0.4, -0.2) is 19.8 Å². The molecule has 2 fully saturated rings. The number of rotatable bonds is 4. The molecule has 0 aromatic heterocycles. The standard InChI is InChI=1S/C16H22ClNO2/c1-19-15-9-12(14-7-4-8-18-14)13(17)10-16(15)20-11-5-2-3-6-11/h9-11,14,18H,2-8H2,1H3. The van der Waals surface area contributed by atoms with Crippen molar-refractivity contribution in [2.45, 2.75) is 50.7 Å². The molecule has 3 rings (SSSR count). The molecule has 4 heteroatoms. The van der Waals surface area contributed by atoms with Gasteiger partial charge < -0.3 is 14.8 Å². The smallest absolute Gasteiger partial charge is 0.163 e. The summed E-state index contributed by atoms with van der Waals surface area (Å²) in [6.07, 6.45) is 7.42. The number of methoxy groups -OCH3 is 1. The van der Waals surface area contributed by atoms with Crippen LogP contribution in [0.25, 0.3) is 0 Å². The summed E-state index contributed by atoms with van der Waals surface area (Å²) >= 11 is 6.45. The van der Waals surface area contributed by atoms with Crippen molar-refractivity contribution in [1.82, 2.24) is 5.32 Å². The van der Waals surface area contributed by atoms with Crippen LogP contribution in [0, 0.1) is 0 Å². The quantitative estimate of drug-likeness (QED) is 0.907. The normalized spacial score (nSPS) is 23.2. The Morgan fingerprint density at radius 1 is 1.10 bits per heavy atom. The van der Waals surface area contributed by atoms with Gasteiger partial charge in [-0.05, 0) is 56.7 Å². The predicted molar refractivity (Wildman–Crippen MR) is 80.9 cm³/mol. The second-order valence-corrected chi connectivity index (χ2v) is 6.11. The molecule has 0 spiro atoms. The Balaban J connectivity index is 1.84. The average Bonchev–Trinajstić information content (AvgIpc) is 3.11. The molecule has 2 aliphatic rings. The summed E-state index contributed by atoms with van der Waals surface area (Å²) in [5.74, 6) is 1.58. The van der Waals surface area contributed by atoms with Crippen LogP contribution in [-0.2, 0) is 0 Å². The Kier molecular flexibility index (Phi) is 4.37. The van der Waals surface area contributed by atoms with E-state index in [4.69, 9.17) is 21.1 Å². The summed E-state index contributed by atoms with van der Waals surface area (Å²) < 4.78 is 11.6. The maximum atomic E-state index is 6.45. The summed E-state index contributed by atoms with van der Waals surface area (Å²) in [4.78, 5) is 0. The molecule has 0 amide bonds. The lowest BCUT2D eigenvalue weighted by Gasteiger charge is -2.19. The van der Waals surface area contributed by atoms with Gasteiger partial charge in [-0.3, -0.25) is 0 Å². The van der Waals surface area contributed by atoms with Crippen LogP contribution in [0.15, 0.2) is 12.1 Å². The number of nitrogens with one attached hydrogen (secondary N) is 1. The highest BCUT2D eigenvalue weighted by atomic mass is 35.5. The third-order valence-electron chi connectivity index (χ3n) is 4.31. The molecule has 3 nitrogen and oxygen atoms in total. The van der Waals surface area contributed by atoms with Crippen molar-refractivity contribution in [2.75, 3.05) is 13.7 Å². The molecule has 1 unspecified atom stereocenters. The second-order valence-electron chi connectivity index (χ2n) is 5.70. The fourth-order valence-electron chi connectivity index (χ4n) is 3.21. The fraction of sp³-hybridized carbons (Fsp3) is 0.625. The molecule has 1 saturated carbocycles. The van der Waals surface area contributed by atoms with Crippen molar-refractivity contribution in [2.24, 2.45) is 0 Å². The number of benzene rings is 1. The molecule has 1 atom stereocenters. The van der Waals surface area contributed by atoms with Crippen molar-refractivity contribution in [1.29, 1.82) is 0 Å². The number of halogens is 1.